The fourth-order valence-corrected chi connectivity index (χ4v) is 1.79. The molecule has 0 saturated heterocycles. The average molecular weight is 279 g/mol. The van der Waals surface area contributed by atoms with E-state index in [1.54, 1.807) is 31.3 Å². The Kier molecular flexibility index (Phi) is 3.57. The van der Waals surface area contributed by atoms with E-state index in [1.165, 1.54) is 17.0 Å². The first-order chi connectivity index (χ1) is 8.97. The van der Waals surface area contributed by atoms with Crippen LogP contribution in [0.4, 0.5) is 5.69 Å². The van der Waals surface area contributed by atoms with E-state index < -0.39 is 11.9 Å². The quantitative estimate of drug-likeness (QED) is 0.906. The van der Waals surface area contributed by atoms with E-state index in [0.29, 0.717) is 10.7 Å². The summed E-state index contributed by atoms with van der Waals surface area (Å²) in [6.07, 6.45) is 2.85. The van der Waals surface area contributed by atoms with Crippen molar-refractivity contribution < 1.29 is 14.7 Å². The van der Waals surface area contributed by atoms with Crippen LogP contribution in [0.1, 0.15) is 20.7 Å². The molecule has 0 aliphatic rings. The molecule has 6 heteroatoms. The lowest BCUT2D eigenvalue weighted by atomic mass is 10.2. The molecular weight excluding hydrogens is 268 g/mol. The van der Waals surface area contributed by atoms with Crippen LogP contribution in [0.2, 0.25) is 5.02 Å². The van der Waals surface area contributed by atoms with Gasteiger partial charge >= 0.3 is 5.97 Å². The Hall–Kier alpha value is -2.27. The van der Waals surface area contributed by atoms with Crippen molar-refractivity contribution in [1.82, 2.24) is 4.57 Å². The molecule has 1 amide bonds. The molecule has 98 valence electrons. The SMILES string of the molecule is Cn1cc(C(=O)O)c(C(=O)Nc2ccc(Cl)cc2)c1. The summed E-state index contributed by atoms with van der Waals surface area (Å²) in [5.41, 5.74) is 0.633. The van der Waals surface area contributed by atoms with Gasteiger partial charge in [0.25, 0.3) is 5.91 Å². The lowest BCUT2D eigenvalue weighted by Crippen LogP contribution is -2.14. The number of aryl methyl sites for hydroxylation is 1. The molecular formula is C13H11ClN2O3. The van der Waals surface area contributed by atoms with Gasteiger partial charge in [-0.05, 0) is 24.3 Å². The first-order valence-corrected chi connectivity index (χ1v) is 5.81. The number of hydrogen-bond donors (Lipinski definition) is 2. The second-order valence-electron chi connectivity index (χ2n) is 4.02. The molecule has 19 heavy (non-hydrogen) atoms. The van der Waals surface area contributed by atoms with Crippen molar-refractivity contribution >= 4 is 29.2 Å². The molecule has 0 bridgehead atoms. The zero-order valence-electron chi connectivity index (χ0n) is 10.1. The van der Waals surface area contributed by atoms with Crippen LogP contribution in [-0.2, 0) is 7.05 Å². The maximum Gasteiger partial charge on any atom is 0.338 e. The van der Waals surface area contributed by atoms with Crippen molar-refractivity contribution in [1.29, 1.82) is 0 Å². The lowest BCUT2D eigenvalue weighted by molar-refractivity contribution is 0.0693. The third-order valence-corrected chi connectivity index (χ3v) is 2.78. The molecule has 1 aromatic carbocycles. The number of aromatic nitrogens is 1. The Morgan fingerprint density at radius 2 is 1.74 bits per heavy atom. The number of amides is 1. The summed E-state index contributed by atoms with van der Waals surface area (Å²) in [5.74, 6) is -1.61. The van der Waals surface area contributed by atoms with Crippen molar-refractivity contribution in [3.63, 3.8) is 0 Å². The maximum absolute atomic E-state index is 12.0. The highest BCUT2D eigenvalue weighted by molar-refractivity contribution is 6.30. The van der Waals surface area contributed by atoms with Crippen LogP contribution in [0.5, 0.6) is 0 Å². The Labute approximate surface area is 114 Å². The van der Waals surface area contributed by atoms with Gasteiger partial charge in [0.2, 0.25) is 0 Å². The van der Waals surface area contributed by atoms with Crippen molar-refractivity contribution in [3.8, 4) is 0 Å². The van der Waals surface area contributed by atoms with E-state index in [1.807, 2.05) is 0 Å². The first-order valence-electron chi connectivity index (χ1n) is 5.43. The van der Waals surface area contributed by atoms with E-state index in [-0.39, 0.29) is 11.1 Å². The zero-order chi connectivity index (χ0) is 14.0. The highest BCUT2D eigenvalue weighted by atomic mass is 35.5. The first kappa shape index (κ1) is 13.2. The number of hydrogen-bond acceptors (Lipinski definition) is 2. The van der Waals surface area contributed by atoms with Crippen LogP contribution in [0.15, 0.2) is 36.7 Å². The van der Waals surface area contributed by atoms with Crippen molar-refractivity contribution in [2.24, 2.45) is 7.05 Å². The number of benzene rings is 1. The molecule has 0 atom stereocenters. The summed E-state index contributed by atoms with van der Waals surface area (Å²) in [6.45, 7) is 0. The van der Waals surface area contributed by atoms with Crippen LogP contribution < -0.4 is 5.32 Å². The monoisotopic (exact) mass is 278 g/mol. The number of nitrogens with zero attached hydrogens (tertiary/aromatic N) is 1. The Morgan fingerprint density at radius 3 is 2.32 bits per heavy atom. The Morgan fingerprint density at radius 1 is 1.16 bits per heavy atom. The highest BCUT2D eigenvalue weighted by Gasteiger charge is 2.18. The minimum absolute atomic E-state index is 0.0334. The van der Waals surface area contributed by atoms with Gasteiger partial charge in [-0.15, -0.1) is 0 Å². The molecule has 2 rings (SSSR count). The predicted molar refractivity (Wildman–Crippen MR) is 71.8 cm³/mol. The topological polar surface area (TPSA) is 71.3 Å². The molecule has 0 unspecified atom stereocenters. The van der Waals surface area contributed by atoms with Gasteiger partial charge in [0.05, 0.1) is 11.1 Å². The largest absolute Gasteiger partial charge is 0.478 e. The summed E-state index contributed by atoms with van der Waals surface area (Å²) < 4.78 is 1.53. The molecule has 0 radical (unpaired) electrons. The third-order valence-electron chi connectivity index (χ3n) is 2.53. The van der Waals surface area contributed by atoms with Crippen LogP contribution in [-0.4, -0.2) is 21.6 Å². The van der Waals surface area contributed by atoms with Crippen LogP contribution in [0.3, 0.4) is 0 Å². The zero-order valence-corrected chi connectivity index (χ0v) is 10.8. The normalized spacial score (nSPS) is 10.2. The van der Waals surface area contributed by atoms with Gasteiger partial charge in [0.1, 0.15) is 0 Å². The summed E-state index contributed by atoms with van der Waals surface area (Å²) in [7, 11) is 1.66. The smallest absolute Gasteiger partial charge is 0.338 e. The number of carbonyl (C=O) groups is 2. The second-order valence-corrected chi connectivity index (χ2v) is 4.45. The fraction of sp³-hybridized carbons (Fsp3) is 0.0769. The molecule has 0 aliphatic heterocycles. The van der Waals surface area contributed by atoms with Gasteiger partial charge in [-0.3, -0.25) is 4.79 Å². The van der Waals surface area contributed by atoms with Crippen molar-refractivity contribution in [3.05, 3.63) is 52.8 Å². The van der Waals surface area contributed by atoms with Gasteiger partial charge in [-0.25, -0.2) is 4.79 Å². The van der Waals surface area contributed by atoms with E-state index in [0.717, 1.165) is 0 Å². The molecule has 5 nitrogen and oxygen atoms in total. The number of halogens is 1. The molecule has 0 spiro atoms. The Bertz CT molecular complexity index is 632. The number of carbonyl (C=O) groups excluding carboxylic acids is 1. The number of carboxylic acids is 1. The maximum atomic E-state index is 12.0. The summed E-state index contributed by atoms with van der Waals surface area (Å²) in [6, 6.07) is 6.56. The predicted octanol–water partition coefficient (Wildman–Crippen LogP) is 2.63. The molecule has 1 heterocycles. The molecule has 1 aromatic heterocycles. The van der Waals surface area contributed by atoms with Gasteiger partial charge in [-0.2, -0.15) is 0 Å². The van der Waals surface area contributed by atoms with E-state index in [4.69, 9.17) is 16.7 Å². The molecule has 0 saturated carbocycles. The van der Waals surface area contributed by atoms with Crippen LogP contribution >= 0.6 is 11.6 Å². The van der Waals surface area contributed by atoms with E-state index in [2.05, 4.69) is 5.32 Å². The lowest BCUT2D eigenvalue weighted by Gasteiger charge is -2.04. The number of rotatable bonds is 3. The fourth-order valence-electron chi connectivity index (χ4n) is 1.67. The van der Waals surface area contributed by atoms with Crippen molar-refractivity contribution in [2.45, 2.75) is 0 Å². The summed E-state index contributed by atoms with van der Waals surface area (Å²) in [4.78, 5) is 23.0. The number of aromatic carboxylic acids is 1. The second kappa shape index (κ2) is 5.16. The molecule has 2 aromatic rings. The number of nitrogens with one attached hydrogen (secondary N) is 1. The number of carboxylic acid groups (broad SMARTS) is 1. The Balaban J connectivity index is 2.25. The summed E-state index contributed by atoms with van der Waals surface area (Å²) >= 11 is 5.74. The minimum atomic E-state index is -1.14. The van der Waals surface area contributed by atoms with Gasteiger partial charge in [-0.1, -0.05) is 11.6 Å². The summed E-state index contributed by atoms with van der Waals surface area (Å²) in [5, 5.41) is 12.2. The number of anilines is 1. The standard InChI is InChI=1S/C13H11ClN2O3/c1-16-6-10(11(7-16)13(18)19)12(17)15-9-4-2-8(14)3-5-9/h2-7H,1H3,(H,15,17)(H,18,19). The van der Waals surface area contributed by atoms with Crippen LogP contribution in [0, 0.1) is 0 Å². The molecule has 2 N–H and O–H groups in total. The van der Waals surface area contributed by atoms with E-state index in [9.17, 15) is 9.59 Å². The van der Waals surface area contributed by atoms with Crippen LogP contribution in [0.25, 0.3) is 0 Å². The van der Waals surface area contributed by atoms with Gasteiger partial charge in [0, 0.05) is 30.2 Å². The highest BCUT2D eigenvalue weighted by Crippen LogP contribution is 2.16. The molecule has 0 fully saturated rings. The third kappa shape index (κ3) is 2.95. The van der Waals surface area contributed by atoms with Gasteiger partial charge in [0.15, 0.2) is 0 Å². The van der Waals surface area contributed by atoms with Crippen molar-refractivity contribution in [2.75, 3.05) is 5.32 Å². The average Bonchev–Trinajstić information content (AvgIpc) is 2.74. The van der Waals surface area contributed by atoms with Gasteiger partial charge < -0.3 is 15.0 Å². The van der Waals surface area contributed by atoms with E-state index >= 15 is 0 Å². The minimum Gasteiger partial charge on any atom is -0.478 e. The molecule has 0 aliphatic carbocycles.